The Hall–Kier alpha value is -2.44. The minimum absolute atomic E-state index is 0.676. The summed E-state index contributed by atoms with van der Waals surface area (Å²) in [4.78, 5) is 21.1. The molecule has 0 aliphatic carbocycles. The van der Waals surface area contributed by atoms with Gasteiger partial charge in [-0.05, 0) is 58.2 Å². The van der Waals surface area contributed by atoms with Crippen LogP contribution in [0.15, 0.2) is 47.6 Å². The van der Waals surface area contributed by atoms with Gasteiger partial charge in [-0.25, -0.2) is 9.98 Å². The first-order chi connectivity index (χ1) is 16.2. The normalized spacial score (nSPS) is 21.7. The van der Waals surface area contributed by atoms with E-state index in [0.29, 0.717) is 6.04 Å². The van der Waals surface area contributed by atoms with Crippen LogP contribution in [0.4, 0.5) is 0 Å². The highest BCUT2D eigenvalue weighted by Gasteiger charge is 2.28. The minimum Gasteiger partial charge on any atom is -0.359 e. The fraction of sp³-hybridized carbons (Fsp3) is 0.556. The van der Waals surface area contributed by atoms with E-state index >= 15 is 0 Å². The predicted octanol–water partition coefficient (Wildman–Crippen LogP) is 4.49. The molecule has 2 aromatic rings. The number of allylic oxidation sites excluding steroid dienone is 1. The second-order valence-electron chi connectivity index (χ2n) is 9.91. The van der Waals surface area contributed by atoms with Gasteiger partial charge in [-0.1, -0.05) is 36.4 Å². The number of amidine groups is 1. The molecule has 3 aliphatic heterocycles. The molecule has 0 unspecified atom stereocenters. The zero-order valence-corrected chi connectivity index (χ0v) is 20.2. The van der Waals surface area contributed by atoms with Crippen LogP contribution in [-0.4, -0.2) is 81.9 Å². The first-order valence-electron chi connectivity index (χ1n) is 12.8. The van der Waals surface area contributed by atoms with E-state index in [9.17, 15) is 0 Å². The van der Waals surface area contributed by atoms with Crippen molar-refractivity contribution in [3.8, 4) is 11.3 Å². The average Bonchev–Trinajstić information content (AvgIpc) is 3.23. The number of benzene rings is 1. The third kappa shape index (κ3) is 5.22. The number of rotatable bonds is 4. The van der Waals surface area contributed by atoms with Crippen molar-refractivity contribution in [2.24, 2.45) is 4.99 Å². The molecule has 0 radical (unpaired) electrons. The summed E-state index contributed by atoms with van der Waals surface area (Å²) in [5.74, 6) is 2.11. The highest BCUT2D eigenvalue weighted by atomic mass is 15.3. The van der Waals surface area contributed by atoms with Crippen LogP contribution in [0.1, 0.15) is 51.8 Å². The quantitative estimate of drug-likeness (QED) is 0.752. The monoisotopic (exact) mass is 446 g/mol. The molecule has 3 aliphatic rings. The number of aromatic amines is 1. The molecule has 1 aromatic carbocycles. The van der Waals surface area contributed by atoms with Gasteiger partial charge in [-0.3, -0.25) is 4.90 Å². The summed E-state index contributed by atoms with van der Waals surface area (Å²) in [6.07, 6.45) is 10.1. The summed E-state index contributed by atoms with van der Waals surface area (Å²) >= 11 is 0. The molecule has 2 fully saturated rings. The maximum atomic E-state index is 5.08. The van der Waals surface area contributed by atoms with E-state index in [1.54, 1.807) is 0 Å². The molecular formula is C27H38N6. The Morgan fingerprint density at radius 3 is 2.58 bits per heavy atom. The average molecular weight is 447 g/mol. The van der Waals surface area contributed by atoms with E-state index in [-0.39, 0.29) is 0 Å². The summed E-state index contributed by atoms with van der Waals surface area (Å²) in [7, 11) is 0. The Morgan fingerprint density at radius 2 is 1.79 bits per heavy atom. The van der Waals surface area contributed by atoms with Crippen LogP contribution >= 0.6 is 0 Å². The maximum absolute atomic E-state index is 5.08. The van der Waals surface area contributed by atoms with Gasteiger partial charge in [0.1, 0.15) is 11.5 Å². The number of aliphatic imine (C=N–C) groups is 1. The van der Waals surface area contributed by atoms with Crippen LogP contribution in [0.25, 0.3) is 17.0 Å². The van der Waals surface area contributed by atoms with E-state index in [2.05, 4.69) is 68.9 Å². The zero-order chi connectivity index (χ0) is 22.6. The van der Waals surface area contributed by atoms with Crippen LogP contribution in [0.2, 0.25) is 0 Å². The highest BCUT2D eigenvalue weighted by molar-refractivity contribution is 5.89. The second-order valence-corrected chi connectivity index (χ2v) is 9.91. The fourth-order valence-corrected chi connectivity index (χ4v) is 5.50. The number of hydrogen-bond acceptors (Lipinski definition) is 5. The van der Waals surface area contributed by atoms with Crippen molar-refractivity contribution in [1.29, 1.82) is 0 Å². The van der Waals surface area contributed by atoms with Crippen LogP contribution in [-0.2, 0) is 0 Å². The molecule has 5 rings (SSSR count). The number of hydrogen-bond donors (Lipinski definition) is 1. The lowest BCUT2D eigenvalue weighted by molar-refractivity contribution is 0.0952. The van der Waals surface area contributed by atoms with Crippen molar-refractivity contribution in [1.82, 2.24) is 24.7 Å². The van der Waals surface area contributed by atoms with Gasteiger partial charge in [-0.2, -0.15) is 0 Å². The lowest BCUT2D eigenvalue weighted by Gasteiger charge is -2.39. The van der Waals surface area contributed by atoms with Gasteiger partial charge in [0.25, 0.3) is 0 Å². The Labute approximate surface area is 198 Å². The van der Waals surface area contributed by atoms with Crippen molar-refractivity contribution in [3.63, 3.8) is 0 Å². The SMILES string of the molecule is CC(C)N1CCC(N2CCCN(C3=NC(c4ncc(-c5ccccc5)[nH]4)=CCC3)CC2)CC1. The summed E-state index contributed by atoms with van der Waals surface area (Å²) in [5, 5.41) is 0. The number of piperidine rings is 1. The molecule has 0 spiro atoms. The maximum Gasteiger partial charge on any atom is 0.156 e. The summed E-state index contributed by atoms with van der Waals surface area (Å²) < 4.78 is 0. The van der Waals surface area contributed by atoms with Gasteiger partial charge in [0.05, 0.1) is 11.9 Å². The smallest absolute Gasteiger partial charge is 0.156 e. The predicted molar refractivity (Wildman–Crippen MR) is 136 cm³/mol. The van der Waals surface area contributed by atoms with Gasteiger partial charge in [0, 0.05) is 44.7 Å². The Kier molecular flexibility index (Phi) is 6.93. The van der Waals surface area contributed by atoms with Crippen molar-refractivity contribution in [2.75, 3.05) is 39.3 Å². The molecule has 1 aromatic heterocycles. The van der Waals surface area contributed by atoms with Crippen molar-refractivity contribution >= 4 is 11.5 Å². The number of nitrogens with zero attached hydrogens (tertiary/aromatic N) is 5. The topological polar surface area (TPSA) is 50.8 Å². The molecule has 2 saturated heterocycles. The zero-order valence-electron chi connectivity index (χ0n) is 20.2. The lowest BCUT2D eigenvalue weighted by atomic mass is 10.0. The number of imidazole rings is 1. The third-order valence-electron chi connectivity index (χ3n) is 7.50. The van der Waals surface area contributed by atoms with Crippen molar-refractivity contribution < 1.29 is 0 Å². The van der Waals surface area contributed by atoms with Crippen LogP contribution in [0.5, 0.6) is 0 Å². The summed E-state index contributed by atoms with van der Waals surface area (Å²) in [5.41, 5.74) is 3.19. The van der Waals surface area contributed by atoms with Crippen molar-refractivity contribution in [2.45, 2.75) is 58.0 Å². The van der Waals surface area contributed by atoms with E-state index in [0.717, 1.165) is 61.3 Å². The van der Waals surface area contributed by atoms with Gasteiger partial charge >= 0.3 is 0 Å². The summed E-state index contributed by atoms with van der Waals surface area (Å²) in [6, 6.07) is 11.8. The Balaban J connectivity index is 1.21. The molecule has 33 heavy (non-hydrogen) atoms. The molecular weight excluding hydrogens is 408 g/mol. The van der Waals surface area contributed by atoms with Gasteiger partial charge < -0.3 is 14.8 Å². The van der Waals surface area contributed by atoms with Crippen LogP contribution in [0.3, 0.4) is 0 Å². The molecule has 0 saturated carbocycles. The Bertz CT molecular complexity index is 968. The molecule has 176 valence electrons. The standard InChI is InChI=1S/C27H38N6/c1-21(2)31-16-12-23(13-17-31)32-14-7-15-33(19-18-32)26-11-6-10-24(29-26)27-28-20-25(30-27)22-8-4-3-5-9-22/h3-5,8-10,20-21,23H,6-7,11-19H2,1-2H3,(H,28,30). The van der Waals surface area contributed by atoms with Crippen LogP contribution in [0, 0.1) is 0 Å². The first-order valence-corrected chi connectivity index (χ1v) is 12.8. The highest BCUT2D eigenvalue weighted by Crippen LogP contribution is 2.25. The first kappa shape index (κ1) is 22.4. The van der Waals surface area contributed by atoms with Crippen LogP contribution < -0.4 is 0 Å². The largest absolute Gasteiger partial charge is 0.359 e. The lowest BCUT2D eigenvalue weighted by Crippen LogP contribution is -2.48. The Morgan fingerprint density at radius 1 is 0.970 bits per heavy atom. The number of aromatic nitrogens is 2. The van der Waals surface area contributed by atoms with Gasteiger partial charge in [0.2, 0.25) is 0 Å². The fourth-order valence-electron chi connectivity index (χ4n) is 5.50. The number of nitrogens with one attached hydrogen (secondary N) is 1. The molecule has 6 heteroatoms. The van der Waals surface area contributed by atoms with Gasteiger partial charge in [-0.15, -0.1) is 0 Å². The molecule has 6 nitrogen and oxygen atoms in total. The molecule has 0 bridgehead atoms. The van der Waals surface area contributed by atoms with Crippen molar-refractivity contribution in [3.05, 3.63) is 48.4 Å². The molecule has 0 atom stereocenters. The number of H-pyrrole nitrogens is 1. The van der Waals surface area contributed by atoms with E-state index in [1.165, 1.54) is 44.7 Å². The second kappa shape index (κ2) is 10.2. The molecule has 1 N–H and O–H groups in total. The van der Waals surface area contributed by atoms with Gasteiger partial charge in [0.15, 0.2) is 5.82 Å². The minimum atomic E-state index is 0.676. The number of likely N-dealkylation sites (tertiary alicyclic amines) is 1. The molecule has 0 amide bonds. The van der Waals surface area contributed by atoms with E-state index < -0.39 is 0 Å². The van der Waals surface area contributed by atoms with E-state index in [1.807, 2.05) is 12.3 Å². The summed E-state index contributed by atoms with van der Waals surface area (Å²) in [6.45, 7) is 11.7. The third-order valence-corrected chi connectivity index (χ3v) is 7.50. The molecule has 4 heterocycles. The van der Waals surface area contributed by atoms with E-state index in [4.69, 9.17) is 4.99 Å².